The minimum atomic E-state index is -0.434. The topological polar surface area (TPSA) is 68.6 Å². The van der Waals surface area contributed by atoms with Crippen LogP contribution in [0, 0.1) is 17.0 Å². The number of nitro benzene ring substituents is 1. The summed E-state index contributed by atoms with van der Waals surface area (Å²) in [5.41, 5.74) is 2.54. The number of furan rings is 1. The van der Waals surface area contributed by atoms with Gasteiger partial charge in [0.15, 0.2) is 0 Å². The van der Waals surface area contributed by atoms with Crippen LogP contribution in [0.4, 0.5) is 11.4 Å². The highest BCUT2D eigenvalue weighted by atomic mass is 35.5. The summed E-state index contributed by atoms with van der Waals surface area (Å²) in [6.45, 7) is 1.93. The van der Waals surface area contributed by atoms with Gasteiger partial charge >= 0.3 is 0 Å². The first-order valence-electron chi connectivity index (χ1n) is 7.18. The Morgan fingerprint density at radius 3 is 2.54 bits per heavy atom. The molecule has 1 aromatic heterocycles. The van der Waals surface area contributed by atoms with Gasteiger partial charge in [-0.25, -0.2) is 0 Å². The van der Waals surface area contributed by atoms with Gasteiger partial charge in [0.2, 0.25) is 0 Å². The monoisotopic (exact) mass is 340 g/mol. The number of nitro groups is 1. The molecule has 3 aromatic rings. The maximum Gasteiger partial charge on any atom is 0.269 e. The first kappa shape index (κ1) is 16.0. The second-order valence-corrected chi connectivity index (χ2v) is 5.60. The molecule has 0 spiro atoms. The van der Waals surface area contributed by atoms with Crippen LogP contribution in [0.2, 0.25) is 5.02 Å². The highest BCUT2D eigenvalue weighted by Gasteiger charge is 2.08. The van der Waals surface area contributed by atoms with E-state index in [9.17, 15) is 10.1 Å². The number of hydrogen-bond acceptors (Lipinski definition) is 4. The van der Waals surface area contributed by atoms with Gasteiger partial charge in [0.1, 0.15) is 11.5 Å². The zero-order valence-corrected chi connectivity index (χ0v) is 13.5. The van der Waals surface area contributed by atoms with Crippen molar-refractivity contribution in [1.29, 1.82) is 0 Å². The van der Waals surface area contributed by atoms with Crippen molar-refractivity contribution in [3.63, 3.8) is 0 Å². The number of rotatable bonds is 4. The molecule has 6 heteroatoms. The summed E-state index contributed by atoms with van der Waals surface area (Å²) in [5, 5.41) is 11.3. The standard InChI is InChI=1S/C18H13ClN2O3/c1-12-2-5-14(10-17(12)19)20-11-16-8-9-18(24-16)13-3-6-15(7-4-13)21(22)23/h2-11H,1H3. The third kappa shape index (κ3) is 3.52. The third-order valence-corrected chi connectivity index (χ3v) is 3.89. The van der Waals surface area contributed by atoms with E-state index >= 15 is 0 Å². The summed E-state index contributed by atoms with van der Waals surface area (Å²) in [6, 6.07) is 15.3. The molecule has 0 aliphatic heterocycles. The lowest BCUT2D eigenvalue weighted by Crippen LogP contribution is -1.86. The van der Waals surface area contributed by atoms with Crippen LogP contribution in [-0.4, -0.2) is 11.1 Å². The van der Waals surface area contributed by atoms with Crippen LogP contribution < -0.4 is 0 Å². The summed E-state index contributed by atoms with van der Waals surface area (Å²) >= 11 is 6.07. The van der Waals surface area contributed by atoms with Crippen molar-refractivity contribution in [2.75, 3.05) is 0 Å². The first-order valence-corrected chi connectivity index (χ1v) is 7.55. The number of benzene rings is 2. The zero-order valence-electron chi connectivity index (χ0n) is 12.8. The molecule has 0 saturated carbocycles. The number of nitrogens with zero attached hydrogens (tertiary/aromatic N) is 2. The average Bonchev–Trinajstić information content (AvgIpc) is 3.05. The highest BCUT2D eigenvalue weighted by Crippen LogP contribution is 2.25. The van der Waals surface area contributed by atoms with Crippen molar-refractivity contribution in [2.24, 2.45) is 4.99 Å². The fraction of sp³-hybridized carbons (Fsp3) is 0.0556. The van der Waals surface area contributed by atoms with E-state index in [-0.39, 0.29) is 5.69 Å². The quantitative estimate of drug-likeness (QED) is 0.354. The second-order valence-electron chi connectivity index (χ2n) is 5.20. The Labute approximate surface area is 143 Å². The molecule has 0 bridgehead atoms. The van der Waals surface area contributed by atoms with Crippen LogP contribution in [0.15, 0.2) is 64.0 Å². The Kier molecular flexibility index (Phi) is 4.44. The molecule has 5 nitrogen and oxygen atoms in total. The molecule has 0 aliphatic rings. The van der Waals surface area contributed by atoms with Crippen molar-refractivity contribution >= 4 is 29.2 Å². The van der Waals surface area contributed by atoms with Gasteiger partial charge < -0.3 is 4.42 Å². The van der Waals surface area contributed by atoms with Gasteiger partial charge in [0, 0.05) is 22.7 Å². The van der Waals surface area contributed by atoms with E-state index in [4.69, 9.17) is 16.0 Å². The molecule has 120 valence electrons. The summed E-state index contributed by atoms with van der Waals surface area (Å²) in [5.74, 6) is 1.20. The number of aliphatic imine (C=N–C) groups is 1. The van der Waals surface area contributed by atoms with Crippen LogP contribution in [0.25, 0.3) is 11.3 Å². The molecule has 0 saturated heterocycles. The SMILES string of the molecule is Cc1ccc(N=Cc2ccc(-c3ccc([N+](=O)[O-])cc3)o2)cc1Cl. The maximum absolute atomic E-state index is 10.7. The van der Waals surface area contributed by atoms with E-state index in [1.165, 1.54) is 12.1 Å². The van der Waals surface area contributed by atoms with Crippen molar-refractivity contribution in [2.45, 2.75) is 6.92 Å². The van der Waals surface area contributed by atoms with E-state index in [1.54, 1.807) is 36.5 Å². The van der Waals surface area contributed by atoms with Crippen molar-refractivity contribution in [3.8, 4) is 11.3 Å². The summed E-state index contributed by atoms with van der Waals surface area (Å²) in [6.07, 6.45) is 1.61. The lowest BCUT2D eigenvalue weighted by Gasteiger charge is -1.98. The number of aryl methyl sites for hydroxylation is 1. The Bertz CT molecular complexity index is 914. The van der Waals surface area contributed by atoms with Crippen LogP contribution in [0.1, 0.15) is 11.3 Å². The Morgan fingerprint density at radius 2 is 1.88 bits per heavy atom. The Morgan fingerprint density at radius 1 is 1.12 bits per heavy atom. The van der Waals surface area contributed by atoms with E-state index < -0.39 is 4.92 Å². The van der Waals surface area contributed by atoms with E-state index in [0.717, 1.165) is 16.8 Å². The number of non-ortho nitro benzene ring substituents is 1. The van der Waals surface area contributed by atoms with Gasteiger partial charge in [-0.15, -0.1) is 0 Å². The molecule has 0 radical (unpaired) electrons. The molecule has 2 aromatic carbocycles. The van der Waals surface area contributed by atoms with Gasteiger partial charge in [-0.1, -0.05) is 17.7 Å². The highest BCUT2D eigenvalue weighted by molar-refractivity contribution is 6.31. The average molecular weight is 341 g/mol. The van der Waals surface area contributed by atoms with Crippen LogP contribution >= 0.6 is 11.6 Å². The minimum absolute atomic E-state index is 0.0448. The molecular formula is C18H13ClN2O3. The predicted molar refractivity (Wildman–Crippen MR) is 94.2 cm³/mol. The molecular weight excluding hydrogens is 328 g/mol. The van der Waals surface area contributed by atoms with Crippen molar-refractivity contribution in [3.05, 3.63) is 81.1 Å². The molecule has 0 fully saturated rings. The smallest absolute Gasteiger partial charge is 0.269 e. The molecule has 1 heterocycles. The largest absolute Gasteiger partial charge is 0.455 e. The molecule has 0 amide bonds. The predicted octanol–water partition coefficient (Wildman–Crippen LogP) is 5.57. The fourth-order valence-electron chi connectivity index (χ4n) is 2.13. The lowest BCUT2D eigenvalue weighted by molar-refractivity contribution is -0.384. The molecule has 0 unspecified atom stereocenters. The maximum atomic E-state index is 10.7. The summed E-state index contributed by atoms with van der Waals surface area (Å²) < 4.78 is 5.69. The normalized spacial score (nSPS) is 11.1. The second kappa shape index (κ2) is 6.68. The van der Waals surface area contributed by atoms with E-state index in [1.807, 2.05) is 19.1 Å². The molecule has 0 aliphatic carbocycles. The zero-order chi connectivity index (χ0) is 17.1. The van der Waals surface area contributed by atoms with Crippen molar-refractivity contribution in [1.82, 2.24) is 0 Å². The van der Waals surface area contributed by atoms with Gasteiger partial charge in [-0.3, -0.25) is 15.1 Å². The Hall–Kier alpha value is -2.92. The molecule has 24 heavy (non-hydrogen) atoms. The van der Waals surface area contributed by atoms with E-state index in [2.05, 4.69) is 4.99 Å². The van der Waals surface area contributed by atoms with Gasteiger partial charge in [-0.2, -0.15) is 0 Å². The minimum Gasteiger partial charge on any atom is -0.455 e. The molecule has 0 N–H and O–H groups in total. The molecule has 0 atom stereocenters. The van der Waals surface area contributed by atoms with Gasteiger partial charge in [0.05, 0.1) is 16.8 Å². The summed E-state index contributed by atoms with van der Waals surface area (Å²) in [7, 11) is 0. The van der Waals surface area contributed by atoms with Gasteiger partial charge in [0.25, 0.3) is 5.69 Å². The summed E-state index contributed by atoms with van der Waals surface area (Å²) in [4.78, 5) is 14.6. The third-order valence-electron chi connectivity index (χ3n) is 3.49. The fourth-order valence-corrected chi connectivity index (χ4v) is 2.30. The van der Waals surface area contributed by atoms with Crippen LogP contribution in [-0.2, 0) is 0 Å². The number of halogens is 1. The van der Waals surface area contributed by atoms with E-state index in [0.29, 0.717) is 16.5 Å². The van der Waals surface area contributed by atoms with Crippen LogP contribution in [0.5, 0.6) is 0 Å². The lowest BCUT2D eigenvalue weighted by atomic mass is 10.1. The van der Waals surface area contributed by atoms with Crippen LogP contribution in [0.3, 0.4) is 0 Å². The number of hydrogen-bond donors (Lipinski definition) is 0. The molecule has 3 rings (SSSR count). The first-order chi connectivity index (χ1) is 11.5. The van der Waals surface area contributed by atoms with Crippen molar-refractivity contribution < 1.29 is 9.34 Å². The Balaban J connectivity index is 1.78. The van der Waals surface area contributed by atoms with Gasteiger partial charge in [-0.05, 0) is 48.9 Å².